The quantitative estimate of drug-likeness (QED) is 0.628. The van der Waals surface area contributed by atoms with E-state index in [4.69, 9.17) is 11.1 Å². The Balaban J connectivity index is 2.15. The number of nitrogens with two attached hydrogens (primary N) is 1. The van der Waals surface area contributed by atoms with Crippen molar-refractivity contribution >= 4 is 11.7 Å². The van der Waals surface area contributed by atoms with Gasteiger partial charge in [-0.05, 0) is 45.0 Å². The van der Waals surface area contributed by atoms with E-state index in [0.29, 0.717) is 5.92 Å². The predicted molar refractivity (Wildman–Crippen MR) is 78.9 cm³/mol. The van der Waals surface area contributed by atoms with Crippen LogP contribution in [0.1, 0.15) is 17.7 Å². The molecule has 1 aromatic rings. The number of nitrogens with one attached hydrogen (secondary N) is 1. The number of nitrogens with zero attached hydrogens (tertiary/aromatic N) is 3. The van der Waals surface area contributed by atoms with Gasteiger partial charge < -0.3 is 15.5 Å². The summed E-state index contributed by atoms with van der Waals surface area (Å²) in [7, 11) is 4.19. The monoisotopic (exact) mass is 261 g/mol. The maximum atomic E-state index is 7.66. The Bertz CT molecular complexity index is 471. The molecule has 2 heterocycles. The van der Waals surface area contributed by atoms with Crippen LogP contribution in [0.25, 0.3) is 0 Å². The summed E-state index contributed by atoms with van der Waals surface area (Å²) in [5.74, 6) is 1.57. The van der Waals surface area contributed by atoms with E-state index in [9.17, 15) is 0 Å². The van der Waals surface area contributed by atoms with E-state index in [1.807, 2.05) is 26.1 Å². The molecule has 0 aromatic carbocycles. The van der Waals surface area contributed by atoms with Crippen LogP contribution < -0.4 is 10.6 Å². The molecular weight excluding hydrogens is 238 g/mol. The minimum atomic E-state index is 0.0814. The van der Waals surface area contributed by atoms with Crippen molar-refractivity contribution in [3.63, 3.8) is 0 Å². The highest BCUT2D eigenvalue weighted by Crippen LogP contribution is 2.21. The zero-order chi connectivity index (χ0) is 14.0. The summed E-state index contributed by atoms with van der Waals surface area (Å²) in [4.78, 5) is 9.03. The van der Waals surface area contributed by atoms with Gasteiger partial charge in [-0.25, -0.2) is 4.98 Å². The maximum absolute atomic E-state index is 7.66. The fourth-order valence-corrected chi connectivity index (χ4v) is 2.69. The molecule has 19 heavy (non-hydrogen) atoms. The van der Waals surface area contributed by atoms with Crippen molar-refractivity contribution in [1.82, 2.24) is 9.88 Å². The topological polar surface area (TPSA) is 69.2 Å². The molecule has 0 radical (unpaired) electrons. The number of nitrogen functional groups attached to an aromatic ring is 1. The van der Waals surface area contributed by atoms with Crippen LogP contribution in [0.2, 0.25) is 0 Å². The van der Waals surface area contributed by atoms with Crippen molar-refractivity contribution < 1.29 is 0 Å². The number of hydrogen-bond acceptors (Lipinski definition) is 4. The molecule has 0 bridgehead atoms. The summed E-state index contributed by atoms with van der Waals surface area (Å²) in [5.41, 5.74) is 7.32. The van der Waals surface area contributed by atoms with Crippen molar-refractivity contribution in [1.29, 1.82) is 5.41 Å². The molecule has 0 amide bonds. The van der Waals surface area contributed by atoms with Crippen molar-refractivity contribution in [3.8, 4) is 0 Å². The molecule has 3 N–H and O–H groups in total. The third-order valence-electron chi connectivity index (χ3n) is 3.69. The molecule has 0 spiro atoms. The first kappa shape index (κ1) is 13.8. The fourth-order valence-electron chi connectivity index (χ4n) is 2.69. The number of hydrogen-bond donors (Lipinski definition) is 2. The SMILES string of the molecule is Cc1ccc(C(=N)N)c(N(C)CC2CCN(C)C2)n1. The first-order chi connectivity index (χ1) is 8.97. The largest absolute Gasteiger partial charge is 0.384 e. The van der Waals surface area contributed by atoms with Gasteiger partial charge in [0.2, 0.25) is 0 Å². The molecule has 1 unspecified atom stereocenters. The summed E-state index contributed by atoms with van der Waals surface area (Å²) in [6.07, 6.45) is 1.22. The van der Waals surface area contributed by atoms with Crippen LogP contribution in [-0.2, 0) is 0 Å². The molecule has 1 aromatic heterocycles. The average molecular weight is 261 g/mol. The van der Waals surface area contributed by atoms with E-state index in [1.165, 1.54) is 13.0 Å². The molecule has 104 valence electrons. The molecule has 1 fully saturated rings. The van der Waals surface area contributed by atoms with Crippen LogP contribution >= 0.6 is 0 Å². The number of amidine groups is 1. The van der Waals surface area contributed by atoms with Crippen molar-refractivity contribution in [2.75, 3.05) is 38.6 Å². The van der Waals surface area contributed by atoms with Gasteiger partial charge in [0.25, 0.3) is 0 Å². The standard InChI is InChI=1S/C14H23N5/c1-10-4-5-12(13(15)16)14(17-10)19(3)9-11-6-7-18(2)8-11/h4-5,11H,6-9H2,1-3H3,(H3,15,16). The third kappa shape index (κ3) is 3.23. The van der Waals surface area contributed by atoms with Crippen molar-refractivity contribution in [3.05, 3.63) is 23.4 Å². The second kappa shape index (κ2) is 5.57. The van der Waals surface area contributed by atoms with Crippen LogP contribution in [0.4, 0.5) is 5.82 Å². The zero-order valence-corrected chi connectivity index (χ0v) is 12.0. The lowest BCUT2D eigenvalue weighted by molar-refractivity contribution is 0.395. The minimum Gasteiger partial charge on any atom is -0.384 e. The van der Waals surface area contributed by atoms with Gasteiger partial charge in [0, 0.05) is 25.8 Å². The third-order valence-corrected chi connectivity index (χ3v) is 3.69. The number of rotatable bonds is 4. The Morgan fingerprint density at radius 2 is 2.32 bits per heavy atom. The first-order valence-electron chi connectivity index (χ1n) is 6.69. The van der Waals surface area contributed by atoms with Crippen molar-refractivity contribution in [2.45, 2.75) is 13.3 Å². The number of aromatic nitrogens is 1. The summed E-state index contributed by atoms with van der Waals surface area (Å²) in [6, 6.07) is 3.79. The summed E-state index contributed by atoms with van der Waals surface area (Å²) in [6.45, 7) is 5.22. The summed E-state index contributed by atoms with van der Waals surface area (Å²) in [5, 5.41) is 7.66. The molecule has 5 heteroatoms. The number of anilines is 1. The molecule has 1 aliphatic rings. The van der Waals surface area contributed by atoms with Gasteiger partial charge in [-0.1, -0.05) is 0 Å². The first-order valence-corrected chi connectivity index (χ1v) is 6.69. The Labute approximate surface area is 114 Å². The lowest BCUT2D eigenvalue weighted by Crippen LogP contribution is -2.30. The van der Waals surface area contributed by atoms with Gasteiger partial charge >= 0.3 is 0 Å². The molecule has 1 atom stereocenters. The van der Waals surface area contributed by atoms with Crippen LogP contribution in [0, 0.1) is 18.3 Å². The molecule has 1 saturated heterocycles. The van der Waals surface area contributed by atoms with E-state index in [2.05, 4.69) is 21.8 Å². The maximum Gasteiger partial charge on any atom is 0.139 e. The Morgan fingerprint density at radius 1 is 1.58 bits per heavy atom. The molecule has 0 saturated carbocycles. The summed E-state index contributed by atoms with van der Waals surface area (Å²) < 4.78 is 0. The number of likely N-dealkylation sites (tertiary alicyclic amines) is 1. The average Bonchev–Trinajstić information content (AvgIpc) is 2.74. The van der Waals surface area contributed by atoms with Crippen LogP contribution in [-0.4, -0.2) is 49.4 Å². The highest BCUT2D eigenvalue weighted by Gasteiger charge is 2.22. The Kier molecular flexibility index (Phi) is 4.04. The van der Waals surface area contributed by atoms with Crippen LogP contribution in [0.3, 0.4) is 0 Å². The van der Waals surface area contributed by atoms with Gasteiger partial charge in [0.05, 0.1) is 5.56 Å². The zero-order valence-electron chi connectivity index (χ0n) is 12.0. The fraction of sp³-hybridized carbons (Fsp3) is 0.571. The van der Waals surface area contributed by atoms with Gasteiger partial charge in [0.1, 0.15) is 11.7 Å². The molecule has 0 aliphatic carbocycles. The second-order valence-electron chi connectivity index (χ2n) is 5.53. The van der Waals surface area contributed by atoms with Gasteiger partial charge in [-0.3, -0.25) is 5.41 Å². The molecule has 2 rings (SSSR count). The van der Waals surface area contributed by atoms with Crippen molar-refractivity contribution in [2.24, 2.45) is 11.7 Å². The van der Waals surface area contributed by atoms with E-state index in [1.54, 1.807) is 0 Å². The van der Waals surface area contributed by atoms with Crippen LogP contribution in [0.5, 0.6) is 0 Å². The lowest BCUT2D eigenvalue weighted by atomic mass is 10.1. The highest BCUT2D eigenvalue weighted by molar-refractivity contribution is 5.99. The van der Waals surface area contributed by atoms with E-state index >= 15 is 0 Å². The van der Waals surface area contributed by atoms with E-state index in [0.717, 1.165) is 30.2 Å². The van der Waals surface area contributed by atoms with Gasteiger partial charge in [-0.15, -0.1) is 0 Å². The van der Waals surface area contributed by atoms with Gasteiger partial charge in [0.15, 0.2) is 0 Å². The Hall–Kier alpha value is -1.62. The molecule has 1 aliphatic heterocycles. The molecule has 5 nitrogen and oxygen atoms in total. The lowest BCUT2D eigenvalue weighted by Gasteiger charge is -2.24. The van der Waals surface area contributed by atoms with Crippen LogP contribution in [0.15, 0.2) is 12.1 Å². The minimum absolute atomic E-state index is 0.0814. The number of pyridine rings is 1. The number of aryl methyl sites for hydroxylation is 1. The van der Waals surface area contributed by atoms with E-state index < -0.39 is 0 Å². The van der Waals surface area contributed by atoms with E-state index in [-0.39, 0.29) is 5.84 Å². The van der Waals surface area contributed by atoms with Gasteiger partial charge in [-0.2, -0.15) is 0 Å². The molecular formula is C14H23N5. The normalized spacial score (nSPS) is 19.6. The summed E-state index contributed by atoms with van der Waals surface area (Å²) >= 11 is 0. The Morgan fingerprint density at radius 3 is 2.89 bits per heavy atom. The second-order valence-corrected chi connectivity index (χ2v) is 5.53. The predicted octanol–water partition coefficient (Wildman–Crippen LogP) is 1.06. The smallest absolute Gasteiger partial charge is 0.139 e. The highest BCUT2D eigenvalue weighted by atomic mass is 15.2.